The third-order valence-corrected chi connectivity index (χ3v) is 2.68. The van der Waals surface area contributed by atoms with Crippen molar-refractivity contribution in [3.05, 3.63) is 29.8 Å². The lowest BCUT2D eigenvalue weighted by atomic mass is 10.2. The monoisotopic (exact) mass is 325 g/mol. The van der Waals surface area contributed by atoms with Crippen molar-refractivity contribution in [2.45, 2.75) is 26.4 Å². The molecule has 1 aromatic carbocycles. The summed E-state index contributed by atoms with van der Waals surface area (Å²) in [6, 6.07) is 6.03. The van der Waals surface area contributed by atoms with Crippen molar-refractivity contribution in [3.8, 4) is 0 Å². The second kappa shape index (κ2) is 7.07. The first-order chi connectivity index (χ1) is 10.9. The van der Waals surface area contributed by atoms with E-state index in [1.807, 2.05) is 0 Å². The Balaban J connectivity index is 2.12. The minimum absolute atomic E-state index is 0.337. The summed E-state index contributed by atoms with van der Waals surface area (Å²) in [7, 11) is 1.27. The van der Waals surface area contributed by atoms with Gasteiger partial charge in [0.05, 0.1) is 18.4 Å². The van der Waals surface area contributed by atoms with E-state index in [4.69, 9.17) is 19.1 Å². The molecule has 2 rings (SSSR count). The third kappa shape index (κ3) is 4.18. The van der Waals surface area contributed by atoms with Crippen molar-refractivity contribution in [1.29, 1.82) is 0 Å². The van der Waals surface area contributed by atoms with Gasteiger partial charge in [0.25, 0.3) is 12.6 Å². The molecule has 23 heavy (non-hydrogen) atoms. The van der Waals surface area contributed by atoms with Crippen molar-refractivity contribution in [2.75, 3.05) is 12.3 Å². The Morgan fingerprint density at radius 2 is 1.43 bits per heavy atom. The Kier molecular flexibility index (Phi) is 5.14. The molecule has 1 aromatic rings. The second-order valence-corrected chi connectivity index (χ2v) is 4.46. The number of methoxy groups -OCH3 is 1. The SMILES string of the molecule is COC(=O)c1ccc(N2O[C@H](OC(C)=O)[C@@H](OC(C)=O)O2)cc1. The summed E-state index contributed by atoms with van der Waals surface area (Å²) in [6.07, 6.45) is -2.48. The first kappa shape index (κ1) is 16.7. The average molecular weight is 325 g/mol. The van der Waals surface area contributed by atoms with Gasteiger partial charge < -0.3 is 14.2 Å². The van der Waals surface area contributed by atoms with E-state index in [0.717, 1.165) is 5.23 Å². The molecule has 9 nitrogen and oxygen atoms in total. The van der Waals surface area contributed by atoms with Crippen molar-refractivity contribution >= 4 is 23.6 Å². The van der Waals surface area contributed by atoms with Gasteiger partial charge in [-0.3, -0.25) is 9.59 Å². The molecule has 1 saturated heterocycles. The van der Waals surface area contributed by atoms with Gasteiger partial charge in [-0.25, -0.2) is 4.79 Å². The summed E-state index contributed by atoms with van der Waals surface area (Å²) in [5, 5.41) is 0.933. The second-order valence-electron chi connectivity index (χ2n) is 4.46. The van der Waals surface area contributed by atoms with Gasteiger partial charge in [-0.05, 0) is 24.3 Å². The zero-order chi connectivity index (χ0) is 17.0. The predicted molar refractivity (Wildman–Crippen MR) is 73.5 cm³/mol. The number of hydrogen-bond acceptors (Lipinski definition) is 9. The van der Waals surface area contributed by atoms with E-state index >= 15 is 0 Å². The quantitative estimate of drug-likeness (QED) is 0.591. The summed E-state index contributed by atoms with van der Waals surface area (Å²) in [5.41, 5.74) is 0.730. The summed E-state index contributed by atoms with van der Waals surface area (Å²) in [6.45, 7) is 2.37. The predicted octanol–water partition coefficient (Wildman–Crippen LogP) is 0.935. The number of benzene rings is 1. The molecule has 0 N–H and O–H groups in total. The van der Waals surface area contributed by atoms with Gasteiger partial charge in [0.1, 0.15) is 0 Å². The van der Waals surface area contributed by atoms with E-state index in [1.165, 1.54) is 45.2 Å². The largest absolute Gasteiger partial charge is 0.465 e. The van der Waals surface area contributed by atoms with Crippen molar-refractivity contribution in [1.82, 2.24) is 0 Å². The van der Waals surface area contributed by atoms with Crippen LogP contribution in [-0.2, 0) is 33.5 Å². The molecule has 0 saturated carbocycles. The maximum absolute atomic E-state index is 11.4. The zero-order valence-corrected chi connectivity index (χ0v) is 12.7. The van der Waals surface area contributed by atoms with E-state index in [-0.39, 0.29) is 0 Å². The number of rotatable bonds is 4. The van der Waals surface area contributed by atoms with Gasteiger partial charge in [-0.2, -0.15) is 9.68 Å². The molecule has 0 aromatic heterocycles. The highest BCUT2D eigenvalue weighted by Crippen LogP contribution is 2.27. The normalized spacial score (nSPS) is 20.0. The molecule has 2 atom stereocenters. The number of esters is 3. The third-order valence-electron chi connectivity index (χ3n) is 2.68. The molecule has 0 aliphatic carbocycles. The lowest BCUT2D eigenvalue weighted by molar-refractivity contribution is -0.202. The smallest absolute Gasteiger partial charge is 0.337 e. The van der Waals surface area contributed by atoms with Crippen LogP contribution in [0.15, 0.2) is 24.3 Å². The highest BCUT2D eigenvalue weighted by atomic mass is 17.1. The van der Waals surface area contributed by atoms with E-state index in [0.29, 0.717) is 11.3 Å². The Labute approximate surface area is 131 Å². The van der Waals surface area contributed by atoms with Gasteiger partial charge in [-0.1, -0.05) is 0 Å². The lowest BCUT2D eigenvalue weighted by Gasteiger charge is -2.14. The number of carbonyl (C=O) groups is 3. The number of carbonyl (C=O) groups excluding carboxylic acids is 3. The van der Waals surface area contributed by atoms with Crippen molar-refractivity contribution < 1.29 is 38.3 Å². The van der Waals surface area contributed by atoms with Crippen molar-refractivity contribution in [3.63, 3.8) is 0 Å². The highest BCUT2D eigenvalue weighted by molar-refractivity contribution is 5.89. The first-order valence-electron chi connectivity index (χ1n) is 6.57. The molecule has 124 valence electrons. The van der Waals surface area contributed by atoms with Crippen molar-refractivity contribution in [2.24, 2.45) is 0 Å². The standard InChI is InChI=1S/C14H15NO8/c1-8(16)20-13-14(21-9(2)17)23-15(22-13)11-6-4-10(5-7-11)12(18)19-3/h4-7,13-14H,1-3H3/t13-,14-/m0/s1. The minimum Gasteiger partial charge on any atom is -0.465 e. The van der Waals surface area contributed by atoms with E-state index in [9.17, 15) is 14.4 Å². The number of anilines is 1. The van der Waals surface area contributed by atoms with Crippen LogP contribution >= 0.6 is 0 Å². The van der Waals surface area contributed by atoms with Gasteiger partial charge in [-0.15, -0.1) is 5.23 Å². The number of hydrogen-bond donors (Lipinski definition) is 0. The average Bonchev–Trinajstić information content (AvgIpc) is 2.88. The molecule has 9 heteroatoms. The molecule has 0 spiro atoms. The molecule has 0 radical (unpaired) electrons. The lowest BCUT2D eigenvalue weighted by Crippen LogP contribution is -2.31. The molecular weight excluding hydrogens is 310 g/mol. The van der Waals surface area contributed by atoms with Crippen LogP contribution in [0.3, 0.4) is 0 Å². The number of nitrogens with zero attached hydrogens (tertiary/aromatic N) is 1. The summed E-state index contributed by atoms with van der Waals surface area (Å²) < 4.78 is 14.3. The summed E-state index contributed by atoms with van der Waals surface area (Å²) in [5.74, 6) is -1.74. The molecule has 1 fully saturated rings. The molecule has 0 unspecified atom stereocenters. The van der Waals surface area contributed by atoms with Crippen LogP contribution < -0.4 is 5.23 Å². The van der Waals surface area contributed by atoms with Gasteiger partial charge in [0.2, 0.25) is 0 Å². The molecular formula is C14H15NO8. The zero-order valence-electron chi connectivity index (χ0n) is 12.7. The van der Waals surface area contributed by atoms with Gasteiger partial charge in [0.15, 0.2) is 0 Å². The van der Waals surface area contributed by atoms with Crippen LogP contribution in [0, 0.1) is 0 Å². The summed E-state index contributed by atoms with van der Waals surface area (Å²) in [4.78, 5) is 44.0. The Morgan fingerprint density at radius 3 is 1.83 bits per heavy atom. The Hall–Kier alpha value is -2.65. The van der Waals surface area contributed by atoms with E-state index < -0.39 is 30.5 Å². The molecule has 0 bridgehead atoms. The molecule has 0 amide bonds. The van der Waals surface area contributed by atoms with Crippen LogP contribution in [0.5, 0.6) is 0 Å². The highest BCUT2D eigenvalue weighted by Gasteiger charge is 2.41. The molecule has 1 aliphatic rings. The van der Waals surface area contributed by atoms with Crippen LogP contribution in [0.1, 0.15) is 24.2 Å². The van der Waals surface area contributed by atoms with E-state index in [2.05, 4.69) is 4.74 Å². The first-order valence-corrected chi connectivity index (χ1v) is 6.57. The maximum atomic E-state index is 11.4. The van der Waals surface area contributed by atoms with E-state index in [1.54, 1.807) is 0 Å². The minimum atomic E-state index is -1.24. The van der Waals surface area contributed by atoms with Crippen LogP contribution in [0.4, 0.5) is 5.69 Å². The topological polar surface area (TPSA) is 101 Å². The fourth-order valence-corrected chi connectivity index (χ4v) is 1.75. The van der Waals surface area contributed by atoms with Gasteiger partial charge in [0, 0.05) is 13.8 Å². The maximum Gasteiger partial charge on any atom is 0.337 e. The Morgan fingerprint density at radius 1 is 0.957 bits per heavy atom. The fourth-order valence-electron chi connectivity index (χ4n) is 1.75. The molecule has 1 aliphatic heterocycles. The fraction of sp³-hybridized carbons (Fsp3) is 0.357. The number of ether oxygens (including phenoxy) is 3. The van der Waals surface area contributed by atoms with Crippen LogP contribution in [0.25, 0.3) is 0 Å². The molecule has 1 heterocycles. The van der Waals surface area contributed by atoms with Crippen LogP contribution in [-0.4, -0.2) is 37.6 Å². The van der Waals surface area contributed by atoms with Gasteiger partial charge >= 0.3 is 17.9 Å². The van der Waals surface area contributed by atoms with Crippen LogP contribution in [0.2, 0.25) is 0 Å². The summed E-state index contributed by atoms with van der Waals surface area (Å²) >= 11 is 0. The Bertz CT molecular complexity index is 575.